The van der Waals surface area contributed by atoms with Crippen molar-refractivity contribution in [2.75, 3.05) is 20.2 Å². The SMILES string of the molecule is COc1ccc2ccc(CC3CCNCC3)cc2c1.Cl. The number of benzene rings is 2. The molecule has 0 atom stereocenters. The lowest BCUT2D eigenvalue weighted by Gasteiger charge is -2.22. The molecule has 0 radical (unpaired) electrons. The average molecular weight is 292 g/mol. The van der Waals surface area contributed by atoms with Gasteiger partial charge in [-0.2, -0.15) is 0 Å². The molecule has 0 aromatic heterocycles. The molecule has 0 spiro atoms. The van der Waals surface area contributed by atoms with Crippen LogP contribution in [-0.4, -0.2) is 20.2 Å². The van der Waals surface area contributed by atoms with E-state index in [1.807, 2.05) is 6.07 Å². The van der Waals surface area contributed by atoms with Crippen molar-refractivity contribution in [3.63, 3.8) is 0 Å². The van der Waals surface area contributed by atoms with Crippen molar-refractivity contribution in [1.82, 2.24) is 5.32 Å². The fourth-order valence-corrected chi connectivity index (χ4v) is 2.95. The first kappa shape index (κ1) is 15.1. The van der Waals surface area contributed by atoms with Crippen LogP contribution in [0.2, 0.25) is 0 Å². The summed E-state index contributed by atoms with van der Waals surface area (Å²) < 4.78 is 5.30. The Hall–Kier alpha value is -1.25. The number of methoxy groups -OCH3 is 1. The number of rotatable bonds is 3. The molecule has 1 aliphatic heterocycles. The van der Waals surface area contributed by atoms with Crippen LogP contribution in [0.1, 0.15) is 18.4 Å². The Bertz CT molecular complexity index is 564. The van der Waals surface area contributed by atoms with Gasteiger partial charge in [-0.05, 0) is 66.7 Å². The number of ether oxygens (including phenoxy) is 1. The van der Waals surface area contributed by atoms with Gasteiger partial charge >= 0.3 is 0 Å². The van der Waals surface area contributed by atoms with Crippen LogP contribution >= 0.6 is 12.4 Å². The number of hydrogen-bond donors (Lipinski definition) is 1. The highest BCUT2D eigenvalue weighted by Gasteiger charge is 2.13. The Morgan fingerprint density at radius 2 is 1.80 bits per heavy atom. The normalized spacial score (nSPS) is 15.8. The monoisotopic (exact) mass is 291 g/mol. The maximum atomic E-state index is 5.30. The van der Waals surface area contributed by atoms with Gasteiger partial charge in [-0.3, -0.25) is 0 Å². The highest BCUT2D eigenvalue weighted by molar-refractivity contribution is 5.85. The average Bonchev–Trinajstić information content (AvgIpc) is 2.47. The summed E-state index contributed by atoms with van der Waals surface area (Å²) in [6.07, 6.45) is 3.81. The second-order valence-corrected chi connectivity index (χ2v) is 5.44. The van der Waals surface area contributed by atoms with Crippen LogP contribution in [0.15, 0.2) is 36.4 Å². The van der Waals surface area contributed by atoms with E-state index in [0.717, 1.165) is 11.7 Å². The van der Waals surface area contributed by atoms with Crippen LogP contribution in [0, 0.1) is 5.92 Å². The molecule has 108 valence electrons. The molecule has 1 N–H and O–H groups in total. The van der Waals surface area contributed by atoms with Crippen molar-refractivity contribution in [3.05, 3.63) is 42.0 Å². The Labute approximate surface area is 126 Å². The number of fused-ring (bicyclic) bond motifs is 1. The molecule has 0 amide bonds. The Morgan fingerprint density at radius 1 is 1.05 bits per heavy atom. The van der Waals surface area contributed by atoms with Crippen molar-refractivity contribution in [1.29, 1.82) is 0 Å². The zero-order valence-corrected chi connectivity index (χ0v) is 12.7. The molecule has 1 heterocycles. The van der Waals surface area contributed by atoms with Crippen LogP contribution in [-0.2, 0) is 6.42 Å². The lowest BCUT2D eigenvalue weighted by atomic mass is 9.90. The molecule has 2 aromatic rings. The van der Waals surface area contributed by atoms with E-state index in [2.05, 4.69) is 35.6 Å². The van der Waals surface area contributed by atoms with E-state index in [0.29, 0.717) is 0 Å². The number of piperidine rings is 1. The molecule has 0 unspecified atom stereocenters. The first-order valence-corrected chi connectivity index (χ1v) is 7.12. The quantitative estimate of drug-likeness (QED) is 0.928. The van der Waals surface area contributed by atoms with Crippen LogP contribution in [0.25, 0.3) is 10.8 Å². The summed E-state index contributed by atoms with van der Waals surface area (Å²) in [5.41, 5.74) is 1.45. The van der Waals surface area contributed by atoms with E-state index in [1.165, 1.54) is 48.7 Å². The highest BCUT2D eigenvalue weighted by atomic mass is 35.5. The van der Waals surface area contributed by atoms with Crippen molar-refractivity contribution in [2.24, 2.45) is 5.92 Å². The first-order chi connectivity index (χ1) is 9.35. The molecule has 1 fully saturated rings. The number of nitrogens with one attached hydrogen (secondary N) is 1. The van der Waals surface area contributed by atoms with Gasteiger partial charge in [0.2, 0.25) is 0 Å². The zero-order chi connectivity index (χ0) is 13.1. The predicted molar refractivity (Wildman–Crippen MR) is 87.0 cm³/mol. The summed E-state index contributed by atoms with van der Waals surface area (Å²) in [6, 6.07) is 13.1. The van der Waals surface area contributed by atoms with Crippen LogP contribution in [0.5, 0.6) is 5.75 Å². The summed E-state index contributed by atoms with van der Waals surface area (Å²) >= 11 is 0. The lowest BCUT2D eigenvalue weighted by molar-refractivity contribution is 0.373. The van der Waals surface area contributed by atoms with Crippen LogP contribution in [0.3, 0.4) is 0 Å². The number of halogens is 1. The van der Waals surface area contributed by atoms with E-state index in [1.54, 1.807) is 7.11 Å². The van der Waals surface area contributed by atoms with Gasteiger partial charge in [-0.25, -0.2) is 0 Å². The van der Waals surface area contributed by atoms with Crippen molar-refractivity contribution < 1.29 is 4.74 Å². The largest absolute Gasteiger partial charge is 0.497 e. The Balaban J connectivity index is 0.00000147. The standard InChI is InChI=1S/C17H21NO.ClH/c1-19-17-5-4-15-3-2-14(11-16(15)12-17)10-13-6-8-18-9-7-13;/h2-5,11-13,18H,6-10H2,1H3;1H. The maximum absolute atomic E-state index is 5.30. The van der Waals surface area contributed by atoms with Gasteiger partial charge in [0.05, 0.1) is 7.11 Å². The molecular formula is C17H22ClNO. The molecule has 1 saturated heterocycles. The zero-order valence-electron chi connectivity index (χ0n) is 11.9. The second kappa shape index (κ2) is 6.96. The van der Waals surface area contributed by atoms with E-state index < -0.39 is 0 Å². The molecule has 3 rings (SSSR count). The summed E-state index contributed by atoms with van der Waals surface area (Å²) in [5, 5.41) is 6.00. The summed E-state index contributed by atoms with van der Waals surface area (Å²) in [7, 11) is 1.72. The summed E-state index contributed by atoms with van der Waals surface area (Å²) in [5.74, 6) is 1.77. The lowest BCUT2D eigenvalue weighted by Crippen LogP contribution is -2.28. The molecule has 0 bridgehead atoms. The molecule has 1 aliphatic rings. The van der Waals surface area contributed by atoms with E-state index in [4.69, 9.17) is 4.74 Å². The predicted octanol–water partition coefficient (Wildman–Crippen LogP) is 3.81. The van der Waals surface area contributed by atoms with Gasteiger partial charge in [-0.1, -0.05) is 24.3 Å². The highest BCUT2D eigenvalue weighted by Crippen LogP contribution is 2.24. The molecule has 0 aliphatic carbocycles. The maximum Gasteiger partial charge on any atom is 0.119 e. The van der Waals surface area contributed by atoms with Gasteiger partial charge in [-0.15, -0.1) is 12.4 Å². The third-order valence-corrected chi connectivity index (χ3v) is 4.09. The smallest absolute Gasteiger partial charge is 0.119 e. The van der Waals surface area contributed by atoms with Crippen molar-refractivity contribution >= 4 is 23.2 Å². The second-order valence-electron chi connectivity index (χ2n) is 5.44. The minimum atomic E-state index is 0. The summed E-state index contributed by atoms with van der Waals surface area (Å²) in [4.78, 5) is 0. The third-order valence-electron chi connectivity index (χ3n) is 4.09. The number of hydrogen-bond acceptors (Lipinski definition) is 2. The minimum Gasteiger partial charge on any atom is -0.497 e. The fourth-order valence-electron chi connectivity index (χ4n) is 2.95. The van der Waals surface area contributed by atoms with Gasteiger partial charge in [0.15, 0.2) is 0 Å². The van der Waals surface area contributed by atoms with E-state index in [9.17, 15) is 0 Å². The summed E-state index contributed by atoms with van der Waals surface area (Å²) in [6.45, 7) is 2.35. The van der Waals surface area contributed by atoms with E-state index >= 15 is 0 Å². The van der Waals surface area contributed by atoms with Gasteiger partial charge in [0.1, 0.15) is 5.75 Å². The van der Waals surface area contributed by atoms with Gasteiger partial charge < -0.3 is 10.1 Å². The Morgan fingerprint density at radius 3 is 2.55 bits per heavy atom. The molecule has 2 nitrogen and oxygen atoms in total. The van der Waals surface area contributed by atoms with Crippen molar-refractivity contribution in [2.45, 2.75) is 19.3 Å². The fraction of sp³-hybridized carbons (Fsp3) is 0.412. The van der Waals surface area contributed by atoms with Crippen LogP contribution < -0.4 is 10.1 Å². The molecule has 20 heavy (non-hydrogen) atoms. The topological polar surface area (TPSA) is 21.3 Å². The minimum absolute atomic E-state index is 0. The van der Waals surface area contributed by atoms with Crippen LogP contribution in [0.4, 0.5) is 0 Å². The Kier molecular flexibility index (Phi) is 5.27. The molecular weight excluding hydrogens is 270 g/mol. The third kappa shape index (κ3) is 3.44. The first-order valence-electron chi connectivity index (χ1n) is 7.12. The van der Waals surface area contributed by atoms with Crippen molar-refractivity contribution in [3.8, 4) is 5.75 Å². The molecule has 2 aromatic carbocycles. The molecule has 0 saturated carbocycles. The molecule has 3 heteroatoms. The van der Waals surface area contributed by atoms with Gasteiger partial charge in [0.25, 0.3) is 0 Å². The van der Waals surface area contributed by atoms with E-state index in [-0.39, 0.29) is 12.4 Å². The van der Waals surface area contributed by atoms with Gasteiger partial charge in [0, 0.05) is 0 Å².